The average Bonchev–Trinajstić information content (AvgIpc) is 3.06. The molecule has 1 aliphatic heterocycles. The van der Waals surface area contributed by atoms with Crippen LogP contribution in [0.4, 0.5) is 4.39 Å². The van der Waals surface area contributed by atoms with Crippen LogP contribution in [0.25, 0.3) is 0 Å². The van der Waals surface area contributed by atoms with E-state index in [2.05, 4.69) is 5.32 Å². The van der Waals surface area contributed by atoms with Crippen LogP contribution in [-0.2, 0) is 23.9 Å². The number of Topliss-reactive ketones (excluding diaryl/α,β-unsaturated/α-hetero) is 1. The lowest BCUT2D eigenvalue weighted by molar-refractivity contribution is -0.151. The molecule has 6 nitrogen and oxygen atoms in total. The standard InChI is InChI=1S/C27H32FNO5/c1-15-14-20-24(25(30)21(15)26(31)33-3)23(18-12-8-9-13-19(18)28)22(16(2)29-20)27(32)34-17-10-6-4-5-7-11-17/h8-9,12-13,15,17,21,23,29H,4-7,10-11,14H2,1-3H3/t15-,21+,23-/m1/s1. The second-order valence-corrected chi connectivity index (χ2v) is 9.58. The predicted octanol–water partition coefficient (Wildman–Crippen LogP) is 4.70. The van der Waals surface area contributed by atoms with Gasteiger partial charge in [0.05, 0.1) is 18.6 Å². The van der Waals surface area contributed by atoms with Gasteiger partial charge >= 0.3 is 11.9 Å². The van der Waals surface area contributed by atoms with Crippen molar-refractivity contribution < 1.29 is 28.2 Å². The zero-order valence-corrected chi connectivity index (χ0v) is 20.0. The quantitative estimate of drug-likeness (QED) is 0.391. The predicted molar refractivity (Wildman–Crippen MR) is 124 cm³/mol. The van der Waals surface area contributed by atoms with Gasteiger partial charge in [-0.3, -0.25) is 9.59 Å². The highest BCUT2D eigenvalue weighted by Gasteiger charge is 2.48. The topological polar surface area (TPSA) is 81.7 Å². The Balaban J connectivity index is 1.78. The SMILES string of the molecule is COC(=O)[C@@H]1C(=O)C2=C(C[C@H]1C)NC(C)=C(C(=O)OC1CCCCCC1)[C@H]2c1ccccc1F. The molecule has 0 saturated heterocycles. The molecular formula is C27H32FNO5. The highest BCUT2D eigenvalue weighted by molar-refractivity contribution is 6.12. The van der Waals surface area contributed by atoms with E-state index in [1.807, 2.05) is 6.92 Å². The number of ether oxygens (including phenoxy) is 2. The number of halogens is 1. The largest absolute Gasteiger partial charge is 0.468 e. The number of dihydropyridines is 1. The molecule has 182 valence electrons. The minimum atomic E-state index is -1.00. The van der Waals surface area contributed by atoms with Crippen molar-refractivity contribution in [2.24, 2.45) is 11.8 Å². The zero-order valence-electron chi connectivity index (χ0n) is 20.0. The number of methoxy groups -OCH3 is 1. The highest BCUT2D eigenvalue weighted by Crippen LogP contribution is 2.46. The fourth-order valence-corrected chi connectivity index (χ4v) is 5.55. The fraction of sp³-hybridized carbons (Fsp3) is 0.519. The Labute approximate surface area is 199 Å². The van der Waals surface area contributed by atoms with Crippen LogP contribution in [0.1, 0.15) is 70.3 Å². The molecule has 1 heterocycles. The van der Waals surface area contributed by atoms with Crippen LogP contribution in [0.2, 0.25) is 0 Å². The van der Waals surface area contributed by atoms with E-state index in [1.165, 1.54) is 13.2 Å². The Hall–Kier alpha value is -2.96. The molecule has 7 heteroatoms. The normalized spacial score (nSPS) is 25.9. The van der Waals surface area contributed by atoms with Crippen LogP contribution < -0.4 is 5.32 Å². The molecule has 3 aliphatic rings. The van der Waals surface area contributed by atoms with Gasteiger partial charge in [0.25, 0.3) is 0 Å². The minimum Gasteiger partial charge on any atom is -0.468 e. The van der Waals surface area contributed by atoms with Gasteiger partial charge in [0, 0.05) is 22.5 Å². The third-order valence-electron chi connectivity index (χ3n) is 7.26. The van der Waals surface area contributed by atoms with E-state index in [-0.39, 0.29) is 28.7 Å². The average molecular weight is 470 g/mol. The number of ketones is 1. The summed E-state index contributed by atoms with van der Waals surface area (Å²) in [4.78, 5) is 39.7. The number of carbonyl (C=O) groups is 3. The first kappa shape index (κ1) is 24.2. The van der Waals surface area contributed by atoms with E-state index < -0.39 is 35.4 Å². The van der Waals surface area contributed by atoms with Crippen LogP contribution in [0, 0.1) is 17.7 Å². The number of benzene rings is 1. The first-order valence-corrected chi connectivity index (χ1v) is 12.1. The summed E-state index contributed by atoms with van der Waals surface area (Å²) < 4.78 is 25.9. The van der Waals surface area contributed by atoms with E-state index >= 15 is 4.39 Å². The van der Waals surface area contributed by atoms with Crippen molar-refractivity contribution in [3.05, 3.63) is 58.2 Å². The monoisotopic (exact) mass is 469 g/mol. The molecule has 0 radical (unpaired) electrons. The Kier molecular flexibility index (Phi) is 7.19. The van der Waals surface area contributed by atoms with Crippen LogP contribution >= 0.6 is 0 Å². The molecule has 1 fully saturated rings. The summed E-state index contributed by atoms with van der Waals surface area (Å²) in [5, 5.41) is 3.22. The summed E-state index contributed by atoms with van der Waals surface area (Å²) in [7, 11) is 1.25. The Bertz CT molecular complexity index is 1050. The summed E-state index contributed by atoms with van der Waals surface area (Å²) in [6.07, 6.45) is 6.04. The Morgan fingerprint density at radius 3 is 2.41 bits per heavy atom. The molecule has 0 amide bonds. The lowest BCUT2D eigenvalue weighted by Crippen LogP contribution is -2.43. The number of hydrogen-bond acceptors (Lipinski definition) is 6. The van der Waals surface area contributed by atoms with Gasteiger partial charge in [0.2, 0.25) is 0 Å². The van der Waals surface area contributed by atoms with Gasteiger partial charge in [0.15, 0.2) is 5.78 Å². The molecule has 1 aromatic carbocycles. The molecule has 1 aromatic rings. The fourth-order valence-electron chi connectivity index (χ4n) is 5.55. The highest BCUT2D eigenvalue weighted by atomic mass is 19.1. The van der Waals surface area contributed by atoms with Crippen molar-refractivity contribution in [3.8, 4) is 0 Å². The van der Waals surface area contributed by atoms with Gasteiger partial charge in [-0.05, 0) is 51.0 Å². The number of carbonyl (C=O) groups excluding carboxylic acids is 3. The molecule has 34 heavy (non-hydrogen) atoms. The summed E-state index contributed by atoms with van der Waals surface area (Å²) in [5.41, 5.74) is 1.85. The maximum Gasteiger partial charge on any atom is 0.337 e. The molecule has 0 bridgehead atoms. The van der Waals surface area contributed by atoms with Crippen molar-refractivity contribution in [3.63, 3.8) is 0 Å². The van der Waals surface area contributed by atoms with Crippen LogP contribution in [0.5, 0.6) is 0 Å². The van der Waals surface area contributed by atoms with Crippen LogP contribution in [0.3, 0.4) is 0 Å². The van der Waals surface area contributed by atoms with Crippen molar-refractivity contribution in [1.82, 2.24) is 5.32 Å². The second kappa shape index (κ2) is 10.1. The molecule has 4 rings (SSSR count). The maximum absolute atomic E-state index is 15.1. The van der Waals surface area contributed by atoms with Crippen molar-refractivity contribution in [2.45, 2.75) is 70.8 Å². The number of hydrogen-bond donors (Lipinski definition) is 1. The van der Waals surface area contributed by atoms with Gasteiger partial charge in [-0.1, -0.05) is 38.0 Å². The van der Waals surface area contributed by atoms with Gasteiger partial charge in [0.1, 0.15) is 17.8 Å². The Morgan fingerprint density at radius 1 is 1.09 bits per heavy atom. The van der Waals surface area contributed by atoms with E-state index in [9.17, 15) is 14.4 Å². The third-order valence-corrected chi connectivity index (χ3v) is 7.26. The molecule has 0 aromatic heterocycles. The van der Waals surface area contributed by atoms with Crippen molar-refractivity contribution in [2.75, 3.05) is 7.11 Å². The molecule has 0 spiro atoms. The molecule has 3 atom stereocenters. The van der Waals surface area contributed by atoms with Crippen molar-refractivity contribution in [1.29, 1.82) is 0 Å². The number of rotatable bonds is 4. The zero-order chi connectivity index (χ0) is 24.4. The van der Waals surface area contributed by atoms with E-state index in [1.54, 1.807) is 25.1 Å². The number of allylic oxidation sites excluding steroid dienone is 3. The molecule has 1 N–H and O–H groups in total. The lowest BCUT2D eigenvalue weighted by Gasteiger charge is -2.38. The first-order chi connectivity index (χ1) is 16.3. The minimum absolute atomic E-state index is 0.197. The lowest BCUT2D eigenvalue weighted by atomic mass is 9.69. The maximum atomic E-state index is 15.1. The van der Waals surface area contributed by atoms with Gasteiger partial charge in [-0.25, -0.2) is 9.18 Å². The molecule has 0 unspecified atom stereocenters. The smallest absolute Gasteiger partial charge is 0.337 e. The second-order valence-electron chi connectivity index (χ2n) is 9.58. The number of esters is 2. The van der Waals surface area contributed by atoms with E-state index in [4.69, 9.17) is 9.47 Å². The molecular weight excluding hydrogens is 437 g/mol. The van der Waals surface area contributed by atoms with Gasteiger partial charge in [-0.15, -0.1) is 0 Å². The van der Waals surface area contributed by atoms with Crippen LogP contribution in [0.15, 0.2) is 46.8 Å². The third kappa shape index (κ3) is 4.52. The van der Waals surface area contributed by atoms with Gasteiger partial charge < -0.3 is 14.8 Å². The van der Waals surface area contributed by atoms with Crippen molar-refractivity contribution >= 4 is 17.7 Å². The summed E-state index contributed by atoms with van der Waals surface area (Å²) in [5.74, 6) is -4.37. The van der Waals surface area contributed by atoms with Gasteiger partial charge in [-0.2, -0.15) is 0 Å². The Morgan fingerprint density at radius 2 is 1.76 bits per heavy atom. The molecule has 1 saturated carbocycles. The summed E-state index contributed by atoms with van der Waals surface area (Å²) >= 11 is 0. The summed E-state index contributed by atoms with van der Waals surface area (Å²) in [6.45, 7) is 3.57. The summed E-state index contributed by atoms with van der Waals surface area (Å²) in [6, 6.07) is 6.14. The van der Waals surface area contributed by atoms with E-state index in [0.29, 0.717) is 17.8 Å². The van der Waals surface area contributed by atoms with E-state index in [0.717, 1.165) is 38.5 Å². The first-order valence-electron chi connectivity index (χ1n) is 12.1. The van der Waals surface area contributed by atoms with Crippen LogP contribution in [-0.4, -0.2) is 30.9 Å². The number of nitrogens with one attached hydrogen (secondary N) is 1. The molecule has 2 aliphatic carbocycles.